The zero-order chi connectivity index (χ0) is 47.6. The minimum absolute atomic E-state index is 0.0102. The number of rotatable bonds is 46. The molecule has 9 heteroatoms. The molecule has 0 bridgehead atoms. The lowest BCUT2D eigenvalue weighted by Crippen LogP contribution is -2.37. The number of ether oxygens (including phenoxy) is 2. The molecule has 0 saturated heterocycles. The van der Waals surface area contributed by atoms with Crippen LogP contribution in [0.1, 0.15) is 181 Å². The fourth-order valence-electron chi connectivity index (χ4n) is 6.38. The predicted octanol–water partition coefficient (Wildman–Crippen LogP) is 15.3. The number of carbonyl (C=O) groups is 1. The Bertz CT molecular complexity index is 1400. The lowest BCUT2D eigenvalue weighted by Gasteiger charge is -2.28. The second-order valence-corrected chi connectivity index (χ2v) is 19.2. The monoisotopic (exact) mass is 926 g/mol. The van der Waals surface area contributed by atoms with Crippen LogP contribution in [0.2, 0.25) is 0 Å². The number of phosphoric ester groups is 1. The average molecular weight is 926 g/mol. The smallest absolute Gasteiger partial charge is 0.306 e. The van der Waals surface area contributed by atoms with Crippen molar-refractivity contribution < 1.29 is 37.3 Å². The molecule has 0 aromatic heterocycles. The van der Waals surface area contributed by atoms with Crippen molar-refractivity contribution in [1.29, 1.82) is 0 Å². The van der Waals surface area contributed by atoms with E-state index in [0.717, 1.165) is 89.9 Å². The molecule has 0 N–H and O–H groups in total. The second-order valence-electron chi connectivity index (χ2n) is 17.8. The summed E-state index contributed by atoms with van der Waals surface area (Å²) in [6.07, 6.45) is 66.9. The first-order valence-electron chi connectivity index (χ1n) is 25.6. The molecule has 0 aliphatic heterocycles. The van der Waals surface area contributed by atoms with Gasteiger partial charge in [0.2, 0.25) is 0 Å². The van der Waals surface area contributed by atoms with E-state index in [4.69, 9.17) is 18.5 Å². The van der Waals surface area contributed by atoms with Gasteiger partial charge in [-0.1, -0.05) is 181 Å². The predicted molar refractivity (Wildman–Crippen MR) is 277 cm³/mol. The minimum Gasteiger partial charge on any atom is -0.756 e. The topological polar surface area (TPSA) is 94.1 Å². The van der Waals surface area contributed by atoms with Gasteiger partial charge in [0.1, 0.15) is 19.3 Å². The molecule has 65 heavy (non-hydrogen) atoms. The molecule has 0 spiro atoms. The van der Waals surface area contributed by atoms with Crippen molar-refractivity contribution in [2.45, 2.75) is 187 Å². The van der Waals surface area contributed by atoms with E-state index in [9.17, 15) is 14.3 Å². The normalized spacial score (nSPS) is 14.5. The van der Waals surface area contributed by atoms with Crippen molar-refractivity contribution in [2.24, 2.45) is 0 Å². The van der Waals surface area contributed by atoms with Crippen LogP contribution in [0.4, 0.5) is 0 Å². The number of nitrogens with zero attached hydrogens (tertiary/aromatic N) is 1. The summed E-state index contributed by atoms with van der Waals surface area (Å²) in [5.74, 6) is -0.358. The summed E-state index contributed by atoms with van der Waals surface area (Å²) in [6, 6.07) is 0. The number of unbranched alkanes of at least 4 members (excludes halogenated alkanes) is 14. The molecule has 8 nitrogen and oxygen atoms in total. The summed E-state index contributed by atoms with van der Waals surface area (Å²) >= 11 is 0. The molecule has 0 aromatic rings. The number of hydrogen-bond acceptors (Lipinski definition) is 7. The largest absolute Gasteiger partial charge is 0.756 e. The lowest BCUT2D eigenvalue weighted by molar-refractivity contribution is -0.870. The molecule has 0 radical (unpaired) electrons. The van der Waals surface area contributed by atoms with E-state index in [2.05, 4.69) is 123 Å². The fraction of sp³-hybridized carbons (Fsp3) is 0.661. The Hall–Kier alpha value is -2.84. The van der Waals surface area contributed by atoms with Crippen LogP contribution in [-0.2, 0) is 27.9 Å². The summed E-state index contributed by atoms with van der Waals surface area (Å²) in [4.78, 5) is 25.2. The van der Waals surface area contributed by atoms with Crippen molar-refractivity contribution in [3.05, 3.63) is 109 Å². The molecule has 0 aliphatic rings. The first kappa shape index (κ1) is 62.2. The van der Waals surface area contributed by atoms with Crippen molar-refractivity contribution in [1.82, 2.24) is 0 Å². The van der Waals surface area contributed by atoms with Crippen molar-refractivity contribution in [3.63, 3.8) is 0 Å². The molecule has 0 rings (SSSR count). The van der Waals surface area contributed by atoms with Gasteiger partial charge in [0.15, 0.2) is 0 Å². The van der Waals surface area contributed by atoms with E-state index in [1.165, 1.54) is 70.6 Å². The maximum absolute atomic E-state index is 12.7. The number of allylic oxidation sites excluding steroid dienone is 18. The highest BCUT2D eigenvalue weighted by atomic mass is 31.2. The molecule has 0 saturated carbocycles. The summed E-state index contributed by atoms with van der Waals surface area (Å²) in [5, 5.41) is 0. The Kier molecular flexibility index (Phi) is 45.6. The summed E-state index contributed by atoms with van der Waals surface area (Å²) in [7, 11) is 1.31. The minimum atomic E-state index is -4.55. The van der Waals surface area contributed by atoms with Gasteiger partial charge >= 0.3 is 5.97 Å². The third-order valence-electron chi connectivity index (χ3n) is 10.3. The number of likely N-dealkylation sites (N-methyl/N-ethyl adjacent to an activating group) is 1. The van der Waals surface area contributed by atoms with E-state index < -0.39 is 13.9 Å². The van der Waals surface area contributed by atoms with Crippen molar-refractivity contribution >= 4 is 13.8 Å². The first-order chi connectivity index (χ1) is 31.6. The molecule has 0 fully saturated rings. The lowest BCUT2D eigenvalue weighted by atomic mass is 10.1. The summed E-state index contributed by atoms with van der Waals surface area (Å²) in [6.45, 7) is 5.13. The van der Waals surface area contributed by atoms with Gasteiger partial charge in [-0.15, -0.1) is 0 Å². The van der Waals surface area contributed by atoms with E-state index in [1.54, 1.807) is 0 Å². The molecule has 372 valence electrons. The Morgan fingerprint density at radius 1 is 0.492 bits per heavy atom. The van der Waals surface area contributed by atoms with Gasteiger partial charge in [-0.3, -0.25) is 9.36 Å². The van der Waals surface area contributed by atoms with E-state index in [0.29, 0.717) is 24.1 Å². The van der Waals surface area contributed by atoms with Crippen LogP contribution in [0, 0.1) is 0 Å². The molecule has 0 aromatic carbocycles. The van der Waals surface area contributed by atoms with Gasteiger partial charge in [-0.05, 0) is 103 Å². The standard InChI is InChI=1S/C56H96NO7P/c1-6-8-10-12-14-16-18-20-22-24-26-27-28-29-30-32-34-36-38-40-42-44-46-48-51-61-53-55(54-63-65(59,60)62-52-50-57(3,4)5)64-56(58)49-47-45-43-41-39-37-35-33-31-25-23-21-19-17-15-13-11-9-7-2/h8,10,14-17,20-23,26-27,29-30,34,36,40,42,55H,6-7,9,11-13,18-19,24-25,28,31-33,35,37-39,41,43-54H2,1-5H3/b10-8-,16-14-,17-15-,22-20-,23-21-,27-26-,30-29-,36-34-,42-40-. The summed E-state index contributed by atoms with van der Waals surface area (Å²) < 4.78 is 34.7. The van der Waals surface area contributed by atoms with Gasteiger partial charge in [0.05, 0.1) is 34.4 Å². The van der Waals surface area contributed by atoms with Crippen LogP contribution in [0.15, 0.2) is 109 Å². The maximum atomic E-state index is 12.7. The van der Waals surface area contributed by atoms with Crippen molar-refractivity contribution in [3.8, 4) is 0 Å². The third-order valence-corrected chi connectivity index (χ3v) is 11.3. The number of carbonyl (C=O) groups excluding carboxylic acids is 1. The van der Waals surface area contributed by atoms with E-state index >= 15 is 0 Å². The molecular formula is C56H96NO7P. The van der Waals surface area contributed by atoms with Crippen molar-refractivity contribution in [2.75, 3.05) is 54.1 Å². The van der Waals surface area contributed by atoms with Gasteiger partial charge in [0.25, 0.3) is 7.82 Å². The second kappa shape index (κ2) is 47.6. The van der Waals surface area contributed by atoms with Crippen LogP contribution < -0.4 is 4.89 Å². The molecule has 0 heterocycles. The summed E-state index contributed by atoms with van der Waals surface area (Å²) in [5.41, 5.74) is 0. The van der Waals surface area contributed by atoms with E-state index in [1.807, 2.05) is 21.1 Å². The Morgan fingerprint density at radius 2 is 0.892 bits per heavy atom. The molecule has 0 aliphatic carbocycles. The molecular weight excluding hydrogens is 830 g/mol. The zero-order valence-corrected chi connectivity index (χ0v) is 43.0. The van der Waals surface area contributed by atoms with Gasteiger partial charge < -0.3 is 27.9 Å². The highest BCUT2D eigenvalue weighted by Gasteiger charge is 2.20. The van der Waals surface area contributed by atoms with Gasteiger partial charge in [-0.25, -0.2) is 0 Å². The highest BCUT2D eigenvalue weighted by molar-refractivity contribution is 7.45. The average Bonchev–Trinajstić information content (AvgIpc) is 3.27. The van der Waals surface area contributed by atoms with Gasteiger partial charge in [-0.2, -0.15) is 0 Å². The highest BCUT2D eigenvalue weighted by Crippen LogP contribution is 2.38. The van der Waals surface area contributed by atoms with Gasteiger partial charge in [0, 0.05) is 13.0 Å². The zero-order valence-electron chi connectivity index (χ0n) is 42.1. The number of phosphoric acid groups is 1. The number of esters is 1. The Balaban J connectivity index is 4.28. The third kappa shape index (κ3) is 52.0. The first-order valence-corrected chi connectivity index (χ1v) is 27.1. The number of quaternary nitrogens is 1. The molecule has 2 atom stereocenters. The number of hydrogen-bond donors (Lipinski definition) is 0. The maximum Gasteiger partial charge on any atom is 0.306 e. The quantitative estimate of drug-likeness (QED) is 0.0197. The van der Waals surface area contributed by atoms with Crippen LogP contribution >= 0.6 is 7.82 Å². The van der Waals surface area contributed by atoms with Crippen LogP contribution in [0.3, 0.4) is 0 Å². The van der Waals surface area contributed by atoms with Crippen LogP contribution in [0.25, 0.3) is 0 Å². The Labute approximate surface area is 400 Å². The fourth-order valence-corrected chi connectivity index (χ4v) is 7.11. The molecule has 2 unspecified atom stereocenters. The van der Waals surface area contributed by atoms with Crippen LogP contribution in [-0.4, -0.2) is 70.7 Å². The van der Waals surface area contributed by atoms with Crippen LogP contribution in [0.5, 0.6) is 0 Å². The Morgan fingerprint density at radius 3 is 1.34 bits per heavy atom. The molecule has 0 amide bonds. The van der Waals surface area contributed by atoms with E-state index in [-0.39, 0.29) is 25.8 Å². The SMILES string of the molecule is CC/C=C\C/C=C\C/C=C\C/C=C\C/C=C\C/C=C\C/C=C\CCCCOCC(COP(=O)([O-])OCC[N+](C)(C)C)OC(=O)CCCCCCCCCCC/C=C\C/C=C\CCCCC.